The number of hydrogen-bond donors (Lipinski definition) is 2. The molecule has 4 aliphatic rings. The lowest BCUT2D eigenvalue weighted by Crippen LogP contribution is -2.69. The Morgan fingerprint density at radius 3 is 2.49 bits per heavy atom. The first-order chi connectivity index (χ1) is 27.4. The number of amides is 1. The van der Waals surface area contributed by atoms with E-state index in [0.717, 1.165) is 11.1 Å². The van der Waals surface area contributed by atoms with Crippen molar-refractivity contribution < 1.29 is 52.7 Å². The molecule has 57 heavy (non-hydrogen) atoms. The maximum absolute atomic E-state index is 13.6. The van der Waals surface area contributed by atoms with Crippen molar-refractivity contribution in [2.24, 2.45) is 0 Å². The molecule has 300 valence electrons. The summed E-state index contributed by atoms with van der Waals surface area (Å²) in [5.74, 6) is -0.0550. The minimum atomic E-state index is -0.774. The van der Waals surface area contributed by atoms with Crippen LogP contribution in [0, 0.1) is 25.2 Å². The highest BCUT2D eigenvalue weighted by Crippen LogP contribution is 2.63. The zero-order chi connectivity index (χ0) is 40.9. The van der Waals surface area contributed by atoms with Crippen LogP contribution in [0.4, 0.5) is 0 Å². The number of likely N-dealkylation sites (N-methyl/N-ethyl adjacent to an activating group) is 1. The number of aryl methyl sites for hydroxylation is 1. The Balaban J connectivity index is 1.42. The highest BCUT2D eigenvalue weighted by atomic mass is 32.2. The van der Waals surface area contributed by atoms with Crippen molar-refractivity contribution in [2.75, 3.05) is 40.4 Å². The van der Waals surface area contributed by atoms with E-state index in [0.29, 0.717) is 58.1 Å². The van der Waals surface area contributed by atoms with Gasteiger partial charge in [-0.05, 0) is 57.5 Å². The minimum Gasteiger partial charge on any atom is -0.504 e. The molecule has 1 unspecified atom stereocenters. The van der Waals surface area contributed by atoms with Crippen molar-refractivity contribution in [3.05, 3.63) is 74.8 Å². The van der Waals surface area contributed by atoms with E-state index in [1.54, 1.807) is 25.1 Å². The Hall–Kier alpha value is -5.50. The molecule has 2 N–H and O–H groups in total. The highest BCUT2D eigenvalue weighted by Gasteiger charge is 2.60. The van der Waals surface area contributed by atoms with Gasteiger partial charge >= 0.3 is 11.9 Å². The van der Waals surface area contributed by atoms with Crippen molar-refractivity contribution >= 4 is 36.1 Å². The number of carbonyl (C=O) groups excluding carboxylic acids is 4. The van der Waals surface area contributed by atoms with E-state index in [9.17, 15) is 29.5 Å². The number of nitrogens with one attached hydrogen (secondary N) is 1. The predicted molar refractivity (Wildman–Crippen MR) is 206 cm³/mol. The van der Waals surface area contributed by atoms with E-state index < -0.39 is 53.3 Å². The molecule has 4 aliphatic heterocycles. The van der Waals surface area contributed by atoms with E-state index in [1.807, 2.05) is 27.0 Å². The first-order valence-electron chi connectivity index (χ1n) is 18.5. The summed E-state index contributed by atoms with van der Waals surface area (Å²) in [4.78, 5) is 55.1. The summed E-state index contributed by atoms with van der Waals surface area (Å²) in [5, 5.41) is 25.5. The maximum atomic E-state index is 13.6. The van der Waals surface area contributed by atoms with Gasteiger partial charge in [0.05, 0.1) is 48.7 Å². The normalized spacial score (nSPS) is 23.5. The molecule has 0 spiro atoms. The van der Waals surface area contributed by atoms with Gasteiger partial charge in [-0.15, -0.1) is 11.8 Å². The molecule has 3 aromatic carbocycles. The van der Waals surface area contributed by atoms with Gasteiger partial charge in [-0.1, -0.05) is 18.2 Å². The number of phenolic OH excluding ortho intramolecular Hbond substituents is 1. The summed E-state index contributed by atoms with van der Waals surface area (Å²) in [6, 6.07) is 7.39. The van der Waals surface area contributed by atoms with Crippen LogP contribution in [0.5, 0.6) is 28.7 Å². The lowest BCUT2D eigenvalue weighted by atomic mass is 9.71. The number of nitriles is 1. The molecular formula is C41H44N4O11S. The van der Waals surface area contributed by atoms with E-state index in [1.165, 1.54) is 39.0 Å². The van der Waals surface area contributed by atoms with Crippen LogP contribution in [-0.4, -0.2) is 104 Å². The summed E-state index contributed by atoms with van der Waals surface area (Å²) < 4.78 is 34.3. The largest absolute Gasteiger partial charge is 0.504 e. The SMILES string of the molecule is COC(=O)c1ccccc1C(=O)N[C@H](C)CS[C@@H]1c2c(OC(C)=O)c(C)c3c(c2[C@H](COC=O)N2C1[C@@H]1c4c(cc(C)c(OC)c4O)C[C@@H]([C@@H]2C#N)N1C)OCO3. The van der Waals surface area contributed by atoms with Gasteiger partial charge in [0.25, 0.3) is 12.4 Å². The number of hydrogen-bond acceptors (Lipinski definition) is 15. The summed E-state index contributed by atoms with van der Waals surface area (Å²) in [6.07, 6.45) is 0.439. The van der Waals surface area contributed by atoms with Gasteiger partial charge in [-0.25, -0.2) is 4.79 Å². The number of nitrogens with zero attached hydrogens (tertiary/aromatic N) is 3. The van der Waals surface area contributed by atoms with Crippen molar-refractivity contribution in [3.63, 3.8) is 0 Å². The second kappa shape index (κ2) is 15.8. The maximum Gasteiger partial charge on any atom is 0.338 e. The number of benzene rings is 3. The van der Waals surface area contributed by atoms with Crippen LogP contribution < -0.4 is 24.3 Å². The average Bonchev–Trinajstić information content (AvgIpc) is 3.68. The highest BCUT2D eigenvalue weighted by molar-refractivity contribution is 7.99. The van der Waals surface area contributed by atoms with Crippen molar-refractivity contribution in [3.8, 4) is 34.8 Å². The third-order valence-corrected chi connectivity index (χ3v) is 12.9. The quantitative estimate of drug-likeness (QED) is 0.157. The molecule has 0 aromatic heterocycles. The van der Waals surface area contributed by atoms with Gasteiger partial charge in [-0.3, -0.25) is 24.2 Å². The molecule has 1 amide bonds. The fraction of sp³-hybridized carbons (Fsp3) is 0.439. The lowest BCUT2D eigenvalue weighted by molar-refractivity contribution is -0.134. The van der Waals surface area contributed by atoms with Crippen LogP contribution in [0.1, 0.15) is 85.3 Å². The summed E-state index contributed by atoms with van der Waals surface area (Å²) in [6.45, 7) is 6.84. The van der Waals surface area contributed by atoms with Crippen LogP contribution in [0.15, 0.2) is 30.3 Å². The minimum absolute atomic E-state index is 0.0135. The van der Waals surface area contributed by atoms with Crippen LogP contribution in [0.3, 0.4) is 0 Å². The first kappa shape index (κ1) is 39.7. The Morgan fingerprint density at radius 1 is 1.11 bits per heavy atom. The van der Waals surface area contributed by atoms with Gasteiger partial charge in [0.1, 0.15) is 18.4 Å². The van der Waals surface area contributed by atoms with Gasteiger partial charge in [-0.2, -0.15) is 5.26 Å². The smallest absolute Gasteiger partial charge is 0.338 e. The molecule has 7 rings (SSSR count). The summed E-state index contributed by atoms with van der Waals surface area (Å²) in [5.41, 5.74) is 4.20. The number of carbonyl (C=O) groups is 4. The standard InChI is InChI=1S/C41H44N4O11S/c1-19-12-23-13-26-27(14-42)45-28(15-53-17-46)30-31(36(56-22(4)47)21(3)37-38(30)55-18-54-37)39(33(45)32(44(26)5)29(23)34(48)35(19)51-6)57-16-20(2)43-40(49)24-10-8-9-11-25(24)41(50)52-7/h8-12,17,20,26-28,32-33,39,48H,13,15-16,18H2,1-7H3,(H,43,49)/t20-,26+,27+,28+,32+,33?,39-/m1/s1. The fourth-order valence-electron chi connectivity index (χ4n) is 9.13. The summed E-state index contributed by atoms with van der Waals surface area (Å²) in [7, 11) is 4.68. The molecule has 16 heteroatoms. The number of aromatic hydroxyl groups is 1. The first-order valence-corrected chi connectivity index (χ1v) is 19.5. The number of methoxy groups -OCH3 is 2. The van der Waals surface area contributed by atoms with Gasteiger partial charge < -0.3 is 38.8 Å². The number of ether oxygens (including phenoxy) is 6. The molecule has 0 saturated carbocycles. The van der Waals surface area contributed by atoms with Gasteiger partial charge in [0.2, 0.25) is 6.79 Å². The third-order valence-electron chi connectivity index (χ3n) is 11.4. The van der Waals surface area contributed by atoms with E-state index >= 15 is 0 Å². The molecule has 4 heterocycles. The molecule has 15 nitrogen and oxygen atoms in total. The number of rotatable bonds is 11. The molecule has 3 aromatic rings. The molecule has 7 atom stereocenters. The van der Waals surface area contributed by atoms with Crippen molar-refractivity contribution in [2.45, 2.75) is 75.6 Å². The van der Waals surface area contributed by atoms with Crippen molar-refractivity contribution in [1.29, 1.82) is 5.26 Å². The van der Waals surface area contributed by atoms with Crippen LogP contribution >= 0.6 is 11.8 Å². The predicted octanol–water partition coefficient (Wildman–Crippen LogP) is 4.45. The molecule has 1 fully saturated rings. The monoisotopic (exact) mass is 800 g/mol. The Bertz CT molecular complexity index is 2190. The lowest BCUT2D eigenvalue weighted by Gasteiger charge is -2.61. The average molecular weight is 801 g/mol. The number of esters is 2. The van der Waals surface area contributed by atoms with Gasteiger partial charge in [0.15, 0.2) is 23.0 Å². The number of fused-ring (bicyclic) bond motifs is 9. The van der Waals surface area contributed by atoms with Crippen LogP contribution in [0.25, 0.3) is 0 Å². The zero-order valence-corrected chi connectivity index (χ0v) is 33.4. The molecule has 0 aliphatic carbocycles. The van der Waals surface area contributed by atoms with E-state index in [2.05, 4.69) is 21.2 Å². The molecule has 2 bridgehead atoms. The second-order valence-corrected chi connectivity index (χ2v) is 15.8. The Kier molecular flexibility index (Phi) is 11.0. The van der Waals surface area contributed by atoms with E-state index in [-0.39, 0.29) is 42.1 Å². The summed E-state index contributed by atoms with van der Waals surface area (Å²) >= 11 is 1.46. The second-order valence-electron chi connectivity index (χ2n) is 14.6. The Morgan fingerprint density at radius 2 is 1.82 bits per heavy atom. The third kappa shape index (κ3) is 6.57. The molecule has 1 saturated heterocycles. The molecular weight excluding hydrogens is 757 g/mol. The number of piperazine rings is 1. The van der Waals surface area contributed by atoms with Gasteiger partial charge in [0, 0.05) is 53.1 Å². The number of thioether (sulfide) groups is 1. The Labute approximate surface area is 334 Å². The number of phenols is 1. The fourth-order valence-corrected chi connectivity index (χ4v) is 10.6. The molecule has 0 radical (unpaired) electrons. The zero-order valence-electron chi connectivity index (χ0n) is 32.6. The van der Waals surface area contributed by atoms with Crippen LogP contribution in [0.2, 0.25) is 0 Å². The van der Waals surface area contributed by atoms with Crippen molar-refractivity contribution in [1.82, 2.24) is 15.1 Å². The topological polar surface area (TPSA) is 186 Å². The van der Waals surface area contributed by atoms with Crippen LogP contribution in [-0.2, 0) is 25.5 Å². The van der Waals surface area contributed by atoms with E-state index in [4.69, 9.17) is 28.4 Å².